The summed E-state index contributed by atoms with van der Waals surface area (Å²) in [6.07, 6.45) is 1.76. The van der Waals surface area contributed by atoms with Gasteiger partial charge in [-0.15, -0.1) is 0 Å². The topological polar surface area (TPSA) is 56.7 Å². The van der Waals surface area contributed by atoms with Gasteiger partial charge in [0.1, 0.15) is 11.6 Å². The molecule has 1 aromatic carbocycles. The van der Waals surface area contributed by atoms with Crippen molar-refractivity contribution in [1.29, 1.82) is 0 Å². The van der Waals surface area contributed by atoms with Crippen molar-refractivity contribution in [3.05, 3.63) is 59.9 Å². The molecule has 1 unspecified atom stereocenters. The lowest BCUT2D eigenvalue weighted by Crippen LogP contribution is -2.17. The molecule has 0 radical (unpaired) electrons. The summed E-state index contributed by atoms with van der Waals surface area (Å²) in [5, 5.41) is 0. The Kier molecular flexibility index (Phi) is 3.66. The molecule has 0 saturated heterocycles. The average Bonchev–Trinajstić information content (AvgIpc) is 2.84. The molecule has 2 N–H and O–H groups in total. The highest BCUT2D eigenvalue weighted by Crippen LogP contribution is 2.20. The molecule has 108 valence electrons. The van der Waals surface area contributed by atoms with Crippen LogP contribution >= 0.6 is 0 Å². The molecule has 0 bridgehead atoms. The summed E-state index contributed by atoms with van der Waals surface area (Å²) in [6, 6.07) is 10.7. The third kappa shape index (κ3) is 2.64. The highest BCUT2D eigenvalue weighted by atomic mass is 19.1. The molecule has 1 atom stereocenters. The number of fused-ring (bicyclic) bond motifs is 1. The lowest BCUT2D eigenvalue weighted by Gasteiger charge is -2.12. The van der Waals surface area contributed by atoms with E-state index in [0.717, 1.165) is 23.4 Å². The second-order valence-corrected chi connectivity index (χ2v) is 4.97. The fourth-order valence-corrected chi connectivity index (χ4v) is 2.54. The first kappa shape index (κ1) is 13.7. The largest absolute Gasteiger partial charge is 0.328 e. The van der Waals surface area contributed by atoms with Gasteiger partial charge in [0.15, 0.2) is 0 Å². The minimum Gasteiger partial charge on any atom is -0.328 e. The molecule has 0 aliphatic carbocycles. The summed E-state index contributed by atoms with van der Waals surface area (Å²) in [4.78, 5) is 8.69. The molecule has 3 aromatic rings. The van der Waals surface area contributed by atoms with Crippen LogP contribution in [0.1, 0.15) is 24.5 Å². The number of nitrogens with zero attached hydrogens (tertiary/aromatic N) is 3. The summed E-state index contributed by atoms with van der Waals surface area (Å²) in [5.74, 6) is 0.573. The first-order valence-corrected chi connectivity index (χ1v) is 7.00. The number of hydrogen-bond donors (Lipinski definition) is 1. The fourth-order valence-electron chi connectivity index (χ4n) is 2.54. The van der Waals surface area contributed by atoms with Crippen molar-refractivity contribution in [3.8, 4) is 0 Å². The van der Waals surface area contributed by atoms with E-state index in [0.29, 0.717) is 12.1 Å². The van der Waals surface area contributed by atoms with E-state index in [1.807, 2.05) is 18.2 Å². The second kappa shape index (κ2) is 5.61. The Morgan fingerprint density at radius 3 is 2.76 bits per heavy atom. The summed E-state index contributed by atoms with van der Waals surface area (Å²) < 4.78 is 15.1. The molecule has 5 heteroatoms. The molecule has 0 spiro atoms. The molecule has 0 aliphatic rings. The van der Waals surface area contributed by atoms with Crippen LogP contribution in [-0.2, 0) is 13.0 Å². The standard InChI is InChI=1S/C16H17FN4/c1-2-21-15-6-4-3-5-14(15)20-16(21)9-12(18)13-8-7-11(17)10-19-13/h3-8,10,12H,2,9,18H2,1H3. The van der Waals surface area contributed by atoms with Gasteiger partial charge >= 0.3 is 0 Å². The third-order valence-corrected chi connectivity index (χ3v) is 3.58. The van der Waals surface area contributed by atoms with Crippen LogP contribution in [0.3, 0.4) is 0 Å². The van der Waals surface area contributed by atoms with Gasteiger partial charge in [-0.3, -0.25) is 4.98 Å². The maximum atomic E-state index is 12.9. The summed E-state index contributed by atoms with van der Waals surface area (Å²) in [6.45, 7) is 2.92. The van der Waals surface area contributed by atoms with E-state index in [-0.39, 0.29) is 11.9 Å². The smallest absolute Gasteiger partial charge is 0.141 e. The van der Waals surface area contributed by atoms with E-state index >= 15 is 0 Å². The quantitative estimate of drug-likeness (QED) is 0.801. The Labute approximate surface area is 122 Å². The zero-order valence-electron chi connectivity index (χ0n) is 11.8. The summed E-state index contributed by atoms with van der Waals surface area (Å²) in [7, 11) is 0. The maximum absolute atomic E-state index is 12.9. The molecule has 4 nitrogen and oxygen atoms in total. The van der Waals surface area contributed by atoms with Crippen molar-refractivity contribution in [1.82, 2.24) is 14.5 Å². The number of imidazole rings is 1. The van der Waals surface area contributed by atoms with E-state index in [1.165, 1.54) is 12.3 Å². The molecule has 3 rings (SSSR count). The SMILES string of the molecule is CCn1c(CC(N)c2ccc(F)cn2)nc2ccccc21. The maximum Gasteiger partial charge on any atom is 0.141 e. The van der Waals surface area contributed by atoms with Gasteiger partial charge in [-0.2, -0.15) is 0 Å². The van der Waals surface area contributed by atoms with Gasteiger partial charge in [-0.1, -0.05) is 12.1 Å². The predicted octanol–water partition coefficient (Wildman–Crippen LogP) is 2.83. The van der Waals surface area contributed by atoms with Gasteiger partial charge in [-0.25, -0.2) is 9.37 Å². The number of nitrogens with two attached hydrogens (primary N) is 1. The Morgan fingerprint density at radius 2 is 2.05 bits per heavy atom. The van der Waals surface area contributed by atoms with Crippen molar-refractivity contribution >= 4 is 11.0 Å². The number of pyridine rings is 1. The first-order chi connectivity index (χ1) is 10.2. The number of benzene rings is 1. The monoisotopic (exact) mass is 284 g/mol. The van der Waals surface area contributed by atoms with Crippen LogP contribution in [0.15, 0.2) is 42.6 Å². The van der Waals surface area contributed by atoms with Crippen LogP contribution in [0.5, 0.6) is 0 Å². The average molecular weight is 284 g/mol. The Hall–Kier alpha value is -2.27. The van der Waals surface area contributed by atoms with E-state index in [1.54, 1.807) is 6.07 Å². The van der Waals surface area contributed by atoms with Crippen LogP contribution in [0.25, 0.3) is 11.0 Å². The van der Waals surface area contributed by atoms with Crippen molar-refractivity contribution < 1.29 is 4.39 Å². The van der Waals surface area contributed by atoms with Crippen molar-refractivity contribution in [2.75, 3.05) is 0 Å². The zero-order valence-corrected chi connectivity index (χ0v) is 11.8. The number of aromatic nitrogens is 3. The summed E-state index contributed by atoms with van der Waals surface area (Å²) >= 11 is 0. The molecule has 0 amide bonds. The minimum atomic E-state index is -0.355. The van der Waals surface area contributed by atoms with Crippen molar-refractivity contribution in [2.24, 2.45) is 5.73 Å². The number of para-hydroxylation sites is 2. The number of halogens is 1. The molecule has 2 heterocycles. The van der Waals surface area contributed by atoms with Crippen LogP contribution in [0, 0.1) is 5.82 Å². The number of aryl methyl sites for hydroxylation is 1. The lowest BCUT2D eigenvalue weighted by molar-refractivity contribution is 0.601. The number of rotatable bonds is 4. The second-order valence-electron chi connectivity index (χ2n) is 4.97. The van der Waals surface area contributed by atoms with E-state index < -0.39 is 0 Å². The van der Waals surface area contributed by atoms with E-state index in [9.17, 15) is 4.39 Å². The van der Waals surface area contributed by atoms with Gasteiger partial charge in [0.25, 0.3) is 0 Å². The third-order valence-electron chi connectivity index (χ3n) is 3.58. The first-order valence-electron chi connectivity index (χ1n) is 7.00. The van der Waals surface area contributed by atoms with Gasteiger partial charge in [-0.05, 0) is 31.2 Å². The van der Waals surface area contributed by atoms with Gasteiger partial charge in [0, 0.05) is 13.0 Å². The minimum absolute atomic E-state index is 0.298. The van der Waals surface area contributed by atoms with Crippen molar-refractivity contribution in [2.45, 2.75) is 25.9 Å². The molecular weight excluding hydrogens is 267 g/mol. The Balaban J connectivity index is 1.92. The van der Waals surface area contributed by atoms with Gasteiger partial charge in [0.2, 0.25) is 0 Å². The molecule has 0 saturated carbocycles. The van der Waals surface area contributed by atoms with E-state index in [2.05, 4.69) is 27.5 Å². The van der Waals surface area contributed by atoms with E-state index in [4.69, 9.17) is 5.73 Å². The lowest BCUT2D eigenvalue weighted by atomic mass is 10.1. The zero-order chi connectivity index (χ0) is 14.8. The highest BCUT2D eigenvalue weighted by molar-refractivity contribution is 5.75. The Morgan fingerprint density at radius 1 is 1.24 bits per heavy atom. The Bertz CT molecular complexity index is 749. The molecular formula is C16H17FN4. The van der Waals surface area contributed by atoms with Crippen LogP contribution in [-0.4, -0.2) is 14.5 Å². The molecule has 2 aromatic heterocycles. The fraction of sp³-hybridized carbons (Fsp3) is 0.250. The van der Waals surface area contributed by atoms with Gasteiger partial charge in [0.05, 0.1) is 29.0 Å². The van der Waals surface area contributed by atoms with Crippen LogP contribution in [0.2, 0.25) is 0 Å². The predicted molar refractivity (Wildman–Crippen MR) is 80.2 cm³/mol. The highest BCUT2D eigenvalue weighted by Gasteiger charge is 2.15. The van der Waals surface area contributed by atoms with Crippen molar-refractivity contribution in [3.63, 3.8) is 0 Å². The number of hydrogen-bond acceptors (Lipinski definition) is 3. The molecule has 0 aliphatic heterocycles. The normalized spacial score (nSPS) is 12.7. The van der Waals surface area contributed by atoms with Crippen LogP contribution < -0.4 is 5.73 Å². The van der Waals surface area contributed by atoms with Gasteiger partial charge < -0.3 is 10.3 Å². The summed E-state index contributed by atoms with van der Waals surface area (Å²) in [5.41, 5.74) is 8.93. The van der Waals surface area contributed by atoms with Crippen LogP contribution in [0.4, 0.5) is 4.39 Å². The molecule has 21 heavy (non-hydrogen) atoms. The molecule has 0 fully saturated rings.